The molecule has 0 bridgehead atoms. The van der Waals surface area contributed by atoms with Crippen molar-refractivity contribution in [1.29, 1.82) is 0 Å². The van der Waals surface area contributed by atoms with E-state index in [-0.39, 0.29) is 12.3 Å². The van der Waals surface area contributed by atoms with Gasteiger partial charge in [0, 0.05) is 12.1 Å². The van der Waals surface area contributed by atoms with Crippen LogP contribution in [-0.4, -0.2) is 17.0 Å². The van der Waals surface area contributed by atoms with Crippen LogP contribution in [0.15, 0.2) is 54.6 Å². The molecule has 1 aliphatic rings. The molecular weight excluding hydrogens is 290 g/mol. The van der Waals surface area contributed by atoms with Gasteiger partial charge in [-0.3, -0.25) is 9.59 Å². The summed E-state index contributed by atoms with van der Waals surface area (Å²) in [7, 11) is 0. The fraction of sp³-hybridized carbons (Fsp3) is 0.263. The topological polar surface area (TPSA) is 66.4 Å². The highest BCUT2D eigenvalue weighted by atomic mass is 16.4. The molecule has 0 aromatic heterocycles. The van der Waals surface area contributed by atoms with Crippen LogP contribution in [0.5, 0.6) is 0 Å². The van der Waals surface area contributed by atoms with Crippen LogP contribution >= 0.6 is 0 Å². The SMILES string of the molecule is O=C(O)CCc1cccc(NC(=O)C2(c3ccccc3)CC2)c1. The van der Waals surface area contributed by atoms with E-state index in [2.05, 4.69) is 5.32 Å². The predicted octanol–water partition coefficient (Wildman–Crippen LogP) is 3.37. The second-order valence-electron chi connectivity index (χ2n) is 6.00. The fourth-order valence-corrected chi connectivity index (χ4v) is 2.84. The lowest BCUT2D eigenvalue weighted by atomic mass is 9.95. The van der Waals surface area contributed by atoms with Gasteiger partial charge in [0.15, 0.2) is 0 Å². The summed E-state index contributed by atoms with van der Waals surface area (Å²) in [5.41, 5.74) is 2.28. The molecule has 1 saturated carbocycles. The Hall–Kier alpha value is -2.62. The van der Waals surface area contributed by atoms with Crippen molar-refractivity contribution in [3.05, 3.63) is 65.7 Å². The van der Waals surface area contributed by atoms with Crippen molar-refractivity contribution in [2.75, 3.05) is 5.32 Å². The van der Waals surface area contributed by atoms with Gasteiger partial charge >= 0.3 is 5.97 Å². The number of aryl methyl sites for hydroxylation is 1. The molecule has 118 valence electrons. The van der Waals surface area contributed by atoms with Crippen LogP contribution in [0, 0.1) is 0 Å². The zero-order chi connectivity index (χ0) is 16.3. The van der Waals surface area contributed by atoms with Crippen LogP contribution in [0.2, 0.25) is 0 Å². The number of carboxylic acids is 1. The van der Waals surface area contributed by atoms with Crippen molar-refractivity contribution >= 4 is 17.6 Å². The summed E-state index contributed by atoms with van der Waals surface area (Å²) in [5, 5.41) is 11.7. The zero-order valence-electron chi connectivity index (χ0n) is 12.8. The minimum Gasteiger partial charge on any atom is -0.481 e. The summed E-state index contributed by atoms with van der Waals surface area (Å²) in [6.07, 6.45) is 2.28. The van der Waals surface area contributed by atoms with Gasteiger partial charge in [-0.15, -0.1) is 0 Å². The van der Waals surface area contributed by atoms with Crippen LogP contribution in [0.4, 0.5) is 5.69 Å². The van der Waals surface area contributed by atoms with Gasteiger partial charge < -0.3 is 10.4 Å². The Kier molecular flexibility index (Phi) is 4.15. The van der Waals surface area contributed by atoms with Crippen molar-refractivity contribution in [3.63, 3.8) is 0 Å². The first-order valence-corrected chi connectivity index (χ1v) is 7.78. The number of hydrogen-bond donors (Lipinski definition) is 2. The number of amides is 1. The maximum absolute atomic E-state index is 12.7. The molecule has 0 aliphatic heterocycles. The number of aliphatic carboxylic acids is 1. The van der Waals surface area contributed by atoms with E-state index < -0.39 is 11.4 Å². The number of carboxylic acid groups (broad SMARTS) is 1. The minimum atomic E-state index is -0.819. The second kappa shape index (κ2) is 6.24. The molecule has 2 aromatic carbocycles. The number of carbonyl (C=O) groups is 2. The van der Waals surface area contributed by atoms with Gasteiger partial charge in [-0.05, 0) is 42.5 Å². The van der Waals surface area contributed by atoms with Crippen molar-refractivity contribution in [2.45, 2.75) is 31.1 Å². The van der Waals surface area contributed by atoms with Gasteiger partial charge in [0.05, 0.1) is 5.41 Å². The fourth-order valence-electron chi connectivity index (χ4n) is 2.84. The van der Waals surface area contributed by atoms with E-state index in [1.807, 2.05) is 54.6 Å². The summed E-state index contributed by atoms with van der Waals surface area (Å²) >= 11 is 0. The van der Waals surface area contributed by atoms with E-state index >= 15 is 0 Å². The molecule has 1 amide bonds. The first-order chi connectivity index (χ1) is 11.1. The lowest BCUT2D eigenvalue weighted by Crippen LogP contribution is -2.27. The first-order valence-electron chi connectivity index (χ1n) is 7.78. The third kappa shape index (κ3) is 3.42. The van der Waals surface area contributed by atoms with Crippen LogP contribution in [-0.2, 0) is 21.4 Å². The quantitative estimate of drug-likeness (QED) is 0.859. The monoisotopic (exact) mass is 309 g/mol. The average molecular weight is 309 g/mol. The number of hydrogen-bond acceptors (Lipinski definition) is 2. The Labute approximate surface area is 135 Å². The smallest absolute Gasteiger partial charge is 0.303 e. The number of carbonyl (C=O) groups excluding carboxylic acids is 1. The second-order valence-corrected chi connectivity index (χ2v) is 6.00. The van der Waals surface area contributed by atoms with E-state index in [0.29, 0.717) is 6.42 Å². The third-order valence-corrected chi connectivity index (χ3v) is 4.32. The molecule has 1 fully saturated rings. The van der Waals surface area contributed by atoms with Crippen molar-refractivity contribution in [1.82, 2.24) is 0 Å². The normalized spacial score (nSPS) is 15.0. The molecule has 0 saturated heterocycles. The lowest BCUT2D eigenvalue weighted by Gasteiger charge is -2.16. The standard InChI is InChI=1S/C19H19NO3/c21-17(22)10-9-14-5-4-8-16(13-14)20-18(23)19(11-12-19)15-6-2-1-3-7-15/h1-8,13H,9-12H2,(H,20,23)(H,21,22). The van der Waals surface area contributed by atoms with Crippen LogP contribution in [0.25, 0.3) is 0 Å². The van der Waals surface area contributed by atoms with E-state index in [1.165, 1.54) is 0 Å². The van der Waals surface area contributed by atoms with Crippen LogP contribution in [0.1, 0.15) is 30.4 Å². The maximum Gasteiger partial charge on any atom is 0.303 e. The van der Waals surface area contributed by atoms with Crippen molar-refractivity contribution < 1.29 is 14.7 Å². The van der Waals surface area contributed by atoms with Crippen LogP contribution in [0.3, 0.4) is 0 Å². The Morgan fingerprint density at radius 3 is 2.43 bits per heavy atom. The molecule has 4 nitrogen and oxygen atoms in total. The summed E-state index contributed by atoms with van der Waals surface area (Å²) in [4.78, 5) is 23.3. The molecule has 0 spiro atoms. The third-order valence-electron chi connectivity index (χ3n) is 4.32. The van der Waals surface area contributed by atoms with Gasteiger partial charge in [0.1, 0.15) is 0 Å². The molecule has 1 aliphatic carbocycles. The van der Waals surface area contributed by atoms with Gasteiger partial charge in [-0.1, -0.05) is 42.5 Å². The average Bonchev–Trinajstić information content (AvgIpc) is 3.36. The number of anilines is 1. The van der Waals surface area contributed by atoms with Gasteiger partial charge in [-0.2, -0.15) is 0 Å². The van der Waals surface area contributed by atoms with E-state index in [1.54, 1.807) is 0 Å². The molecule has 0 radical (unpaired) electrons. The van der Waals surface area contributed by atoms with Gasteiger partial charge in [0.25, 0.3) is 0 Å². The van der Waals surface area contributed by atoms with E-state index in [0.717, 1.165) is 29.7 Å². The molecule has 0 atom stereocenters. The van der Waals surface area contributed by atoms with Crippen LogP contribution < -0.4 is 5.32 Å². The molecule has 0 unspecified atom stereocenters. The van der Waals surface area contributed by atoms with Gasteiger partial charge in [-0.25, -0.2) is 0 Å². The highest BCUT2D eigenvalue weighted by molar-refractivity contribution is 6.01. The van der Waals surface area contributed by atoms with Crippen molar-refractivity contribution in [2.24, 2.45) is 0 Å². The minimum absolute atomic E-state index is 0.0130. The molecule has 0 heterocycles. The largest absolute Gasteiger partial charge is 0.481 e. The maximum atomic E-state index is 12.7. The molecule has 4 heteroatoms. The molecule has 2 N–H and O–H groups in total. The lowest BCUT2D eigenvalue weighted by molar-refractivity contribution is -0.137. The number of nitrogens with one attached hydrogen (secondary N) is 1. The summed E-state index contributed by atoms with van der Waals surface area (Å²) in [6, 6.07) is 17.3. The Bertz CT molecular complexity index is 720. The Morgan fingerprint density at radius 1 is 1.04 bits per heavy atom. The number of benzene rings is 2. The highest BCUT2D eigenvalue weighted by Crippen LogP contribution is 2.48. The molecular formula is C19H19NO3. The number of rotatable bonds is 6. The predicted molar refractivity (Wildman–Crippen MR) is 88.4 cm³/mol. The summed E-state index contributed by atoms with van der Waals surface area (Å²) < 4.78 is 0. The Balaban J connectivity index is 1.71. The van der Waals surface area contributed by atoms with E-state index in [9.17, 15) is 9.59 Å². The molecule has 3 rings (SSSR count). The Morgan fingerprint density at radius 2 is 1.78 bits per heavy atom. The van der Waals surface area contributed by atoms with E-state index in [4.69, 9.17) is 5.11 Å². The summed E-state index contributed by atoms with van der Waals surface area (Å²) in [5.74, 6) is -0.806. The molecule has 23 heavy (non-hydrogen) atoms. The van der Waals surface area contributed by atoms with Gasteiger partial charge in [0.2, 0.25) is 5.91 Å². The summed E-state index contributed by atoms with van der Waals surface area (Å²) in [6.45, 7) is 0. The molecule has 2 aromatic rings. The first kappa shape index (κ1) is 15.3. The zero-order valence-corrected chi connectivity index (χ0v) is 12.8. The van der Waals surface area contributed by atoms with Crippen molar-refractivity contribution in [3.8, 4) is 0 Å². The highest BCUT2D eigenvalue weighted by Gasteiger charge is 2.51.